The molecule has 0 aliphatic heterocycles. The smallest absolute Gasteiger partial charge is 0.175 e. The van der Waals surface area contributed by atoms with Crippen LogP contribution < -0.4 is 10.5 Å². The maximum atomic E-state index is 11.4. The van der Waals surface area contributed by atoms with Gasteiger partial charge in [-0.15, -0.1) is 0 Å². The van der Waals surface area contributed by atoms with Crippen LogP contribution in [-0.2, 0) is 9.84 Å². The topological polar surface area (TPSA) is 69.4 Å². The predicted octanol–water partition coefficient (Wildman–Crippen LogP) is 1.55. The van der Waals surface area contributed by atoms with Crippen molar-refractivity contribution in [1.82, 2.24) is 0 Å². The number of benzene rings is 1. The summed E-state index contributed by atoms with van der Waals surface area (Å²) < 4.78 is 28.1. The molecule has 1 unspecified atom stereocenters. The van der Waals surface area contributed by atoms with Crippen molar-refractivity contribution in [2.45, 2.75) is 24.2 Å². The lowest BCUT2D eigenvalue weighted by atomic mass is 9.97. The molecular weight excluding hydrogens is 238 g/mol. The van der Waals surface area contributed by atoms with Crippen LogP contribution in [0.1, 0.15) is 24.8 Å². The summed E-state index contributed by atoms with van der Waals surface area (Å²) in [5, 5.41) is 0. The Kier molecular flexibility index (Phi) is 4.54. The van der Waals surface area contributed by atoms with Gasteiger partial charge in [-0.2, -0.15) is 0 Å². The molecule has 1 rings (SSSR count). The molecule has 5 heteroatoms. The van der Waals surface area contributed by atoms with Crippen LogP contribution in [0, 0.1) is 0 Å². The summed E-state index contributed by atoms with van der Waals surface area (Å²) in [7, 11) is -1.65. The fourth-order valence-electron chi connectivity index (χ4n) is 1.73. The van der Waals surface area contributed by atoms with Crippen molar-refractivity contribution >= 4 is 9.84 Å². The zero-order valence-electron chi connectivity index (χ0n) is 10.4. The van der Waals surface area contributed by atoms with E-state index in [1.807, 2.05) is 6.92 Å². The SMILES string of the molecule is COc1cc(S(C)(=O)=O)ccc1C(C)CCN. The Morgan fingerprint density at radius 3 is 2.53 bits per heavy atom. The van der Waals surface area contributed by atoms with E-state index in [0.29, 0.717) is 12.3 Å². The number of nitrogens with two attached hydrogens (primary N) is 1. The third-order valence-corrected chi connectivity index (χ3v) is 3.87. The van der Waals surface area contributed by atoms with Crippen molar-refractivity contribution in [2.24, 2.45) is 5.73 Å². The maximum absolute atomic E-state index is 11.4. The van der Waals surface area contributed by atoms with Gasteiger partial charge in [-0.3, -0.25) is 0 Å². The minimum Gasteiger partial charge on any atom is -0.496 e. The molecule has 0 heterocycles. The van der Waals surface area contributed by atoms with Gasteiger partial charge in [-0.1, -0.05) is 13.0 Å². The average Bonchev–Trinajstić information content (AvgIpc) is 2.27. The molecular formula is C12H19NO3S. The van der Waals surface area contributed by atoms with Gasteiger partial charge in [0.1, 0.15) is 5.75 Å². The maximum Gasteiger partial charge on any atom is 0.175 e. The monoisotopic (exact) mass is 257 g/mol. The van der Waals surface area contributed by atoms with E-state index in [2.05, 4.69) is 0 Å². The molecule has 0 aromatic heterocycles. The van der Waals surface area contributed by atoms with Crippen LogP contribution in [0.3, 0.4) is 0 Å². The summed E-state index contributed by atoms with van der Waals surface area (Å²) >= 11 is 0. The van der Waals surface area contributed by atoms with Gasteiger partial charge in [0, 0.05) is 6.26 Å². The molecule has 0 saturated heterocycles. The fraction of sp³-hybridized carbons (Fsp3) is 0.500. The normalized spacial score (nSPS) is 13.4. The molecule has 0 aliphatic rings. The molecule has 0 aliphatic carbocycles. The first-order valence-corrected chi connectivity index (χ1v) is 7.37. The second-order valence-electron chi connectivity index (χ2n) is 4.15. The van der Waals surface area contributed by atoms with E-state index < -0.39 is 9.84 Å². The molecule has 4 nitrogen and oxygen atoms in total. The van der Waals surface area contributed by atoms with Crippen LogP contribution in [0.25, 0.3) is 0 Å². The van der Waals surface area contributed by atoms with E-state index in [4.69, 9.17) is 10.5 Å². The van der Waals surface area contributed by atoms with Crippen LogP contribution in [0.15, 0.2) is 23.1 Å². The van der Waals surface area contributed by atoms with Gasteiger partial charge in [0.25, 0.3) is 0 Å². The van der Waals surface area contributed by atoms with Crippen LogP contribution >= 0.6 is 0 Å². The first kappa shape index (κ1) is 14.0. The van der Waals surface area contributed by atoms with Gasteiger partial charge in [0.05, 0.1) is 12.0 Å². The molecule has 2 N–H and O–H groups in total. The van der Waals surface area contributed by atoms with Crippen LogP contribution in [0.2, 0.25) is 0 Å². The molecule has 0 saturated carbocycles. The largest absolute Gasteiger partial charge is 0.496 e. The summed E-state index contributed by atoms with van der Waals surface area (Å²) in [4.78, 5) is 0.276. The minimum atomic E-state index is -3.19. The van der Waals surface area contributed by atoms with Gasteiger partial charge in [-0.25, -0.2) is 8.42 Å². The Morgan fingerprint density at radius 1 is 1.41 bits per heavy atom. The quantitative estimate of drug-likeness (QED) is 0.869. The van der Waals surface area contributed by atoms with Crippen molar-refractivity contribution in [3.05, 3.63) is 23.8 Å². The Bertz CT molecular complexity index is 483. The zero-order chi connectivity index (χ0) is 13.1. The summed E-state index contributed by atoms with van der Waals surface area (Å²) in [6.45, 7) is 2.64. The second-order valence-corrected chi connectivity index (χ2v) is 6.17. The van der Waals surface area contributed by atoms with Crippen LogP contribution in [0.4, 0.5) is 0 Å². The Hall–Kier alpha value is -1.07. The molecule has 0 amide bonds. The molecule has 0 spiro atoms. The van der Waals surface area contributed by atoms with Crippen LogP contribution in [-0.4, -0.2) is 28.3 Å². The summed E-state index contributed by atoms with van der Waals surface area (Å²) in [5.41, 5.74) is 6.51. The van der Waals surface area contributed by atoms with Crippen molar-refractivity contribution in [1.29, 1.82) is 0 Å². The summed E-state index contributed by atoms with van der Waals surface area (Å²) in [6.07, 6.45) is 2.03. The fourth-order valence-corrected chi connectivity index (χ4v) is 2.37. The van der Waals surface area contributed by atoms with E-state index in [-0.39, 0.29) is 10.8 Å². The predicted molar refractivity (Wildman–Crippen MR) is 68.2 cm³/mol. The van der Waals surface area contributed by atoms with Gasteiger partial charge in [-0.05, 0) is 36.6 Å². The average molecular weight is 257 g/mol. The van der Waals surface area contributed by atoms with Crippen molar-refractivity contribution in [2.75, 3.05) is 19.9 Å². The Labute approximate surface area is 103 Å². The lowest BCUT2D eigenvalue weighted by Crippen LogP contribution is -2.07. The minimum absolute atomic E-state index is 0.253. The molecule has 0 bridgehead atoms. The van der Waals surface area contributed by atoms with Crippen LogP contribution in [0.5, 0.6) is 5.75 Å². The summed E-state index contributed by atoms with van der Waals surface area (Å²) in [6, 6.07) is 4.98. The van der Waals surface area contributed by atoms with E-state index in [9.17, 15) is 8.42 Å². The van der Waals surface area contributed by atoms with Crippen molar-refractivity contribution in [3.63, 3.8) is 0 Å². The van der Waals surface area contributed by atoms with Crippen molar-refractivity contribution in [3.8, 4) is 5.75 Å². The molecule has 17 heavy (non-hydrogen) atoms. The number of hydrogen-bond donors (Lipinski definition) is 1. The van der Waals surface area contributed by atoms with E-state index in [1.165, 1.54) is 6.26 Å². The van der Waals surface area contributed by atoms with Gasteiger partial charge < -0.3 is 10.5 Å². The molecule has 96 valence electrons. The number of hydrogen-bond acceptors (Lipinski definition) is 4. The number of sulfone groups is 1. The first-order valence-electron chi connectivity index (χ1n) is 5.48. The standard InChI is InChI=1S/C12H19NO3S/c1-9(6-7-13)11-5-4-10(17(3,14)15)8-12(11)16-2/h4-5,8-9H,6-7,13H2,1-3H3. The first-order chi connectivity index (χ1) is 7.90. The van der Waals surface area contributed by atoms with Gasteiger partial charge in [0.15, 0.2) is 9.84 Å². The number of rotatable bonds is 5. The zero-order valence-corrected chi connectivity index (χ0v) is 11.3. The molecule has 1 atom stereocenters. The molecule has 0 radical (unpaired) electrons. The Morgan fingerprint density at radius 2 is 2.06 bits per heavy atom. The third kappa shape index (κ3) is 3.44. The second kappa shape index (κ2) is 5.51. The van der Waals surface area contributed by atoms with E-state index in [0.717, 1.165) is 12.0 Å². The molecule has 0 fully saturated rings. The highest BCUT2D eigenvalue weighted by Gasteiger charge is 2.15. The lowest BCUT2D eigenvalue weighted by molar-refractivity contribution is 0.404. The van der Waals surface area contributed by atoms with Crippen molar-refractivity contribution < 1.29 is 13.2 Å². The number of methoxy groups -OCH3 is 1. The van der Waals surface area contributed by atoms with E-state index in [1.54, 1.807) is 25.3 Å². The van der Waals surface area contributed by atoms with Gasteiger partial charge >= 0.3 is 0 Å². The third-order valence-electron chi connectivity index (χ3n) is 2.76. The highest BCUT2D eigenvalue weighted by Crippen LogP contribution is 2.30. The molecule has 1 aromatic carbocycles. The Balaban J connectivity index is 3.19. The van der Waals surface area contributed by atoms with E-state index >= 15 is 0 Å². The molecule has 1 aromatic rings. The highest BCUT2D eigenvalue weighted by molar-refractivity contribution is 7.90. The highest BCUT2D eigenvalue weighted by atomic mass is 32.2. The van der Waals surface area contributed by atoms with Gasteiger partial charge in [0.2, 0.25) is 0 Å². The number of ether oxygens (including phenoxy) is 1. The summed E-state index contributed by atoms with van der Waals surface area (Å²) in [5.74, 6) is 0.859. The lowest BCUT2D eigenvalue weighted by Gasteiger charge is -2.15.